The Morgan fingerprint density at radius 1 is 0.625 bits per heavy atom. The van der Waals surface area contributed by atoms with Crippen molar-refractivity contribution in [1.29, 1.82) is 0 Å². The molecule has 1 saturated carbocycles. The van der Waals surface area contributed by atoms with Crippen molar-refractivity contribution >= 4 is 28.3 Å². The van der Waals surface area contributed by atoms with Crippen molar-refractivity contribution in [2.45, 2.75) is 11.8 Å². The molecule has 0 radical (unpaired) electrons. The molecule has 0 heterocycles. The van der Waals surface area contributed by atoms with E-state index in [2.05, 4.69) is 5.32 Å². The van der Waals surface area contributed by atoms with Crippen molar-refractivity contribution in [2.24, 2.45) is 11.8 Å². The Kier molecular flexibility index (Phi) is 5.20. The van der Waals surface area contributed by atoms with E-state index < -0.39 is 29.6 Å². The second-order valence-electron chi connectivity index (χ2n) is 8.28. The van der Waals surface area contributed by atoms with Crippen LogP contribution in [0.2, 0.25) is 0 Å². The van der Waals surface area contributed by atoms with Crippen molar-refractivity contribution in [1.82, 2.24) is 0 Å². The summed E-state index contributed by atoms with van der Waals surface area (Å²) in [4.78, 5) is 26.0. The van der Waals surface area contributed by atoms with Gasteiger partial charge in [0.2, 0.25) is 5.91 Å². The molecule has 1 amide bonds. The van der Waals surface area contributed by atoms with Gasteiger partial charge in [-0.3, -0.25) is 9.59 Å². The van der Waals surface area contributed by atoms with Crippen LogP contribution in [0.4, 0.5) is 5.69 Å². The molecule has 2 N–H and O–H groups in total. The Morgan fingerprint density at radius 2 is 1.16 bits per heavy atom. The van der Waals surface area contributed by atoms with E-state index in [1.807, 2.05) is 103 Å². The highest BCUT2D eigenvalue weighted by Gasteiger charge is 2.58. The minimum Gasteiger partial charge on any atom is -0.481 e. The molecule has 158 valence electrons. The van der Waals surface area contributed by atoms with E-state index in [0.717, 1.165) is 27.6 Å². The molecule has 1 aliphatic rings. The van der Waals surface area contributed by atoms with Crippen molar-refractivity contribution in [3.05, 3.63) is 114 Å². The van der Waals surface area contributed by atoms with Crippen molar-refractivity contribution in [3.8, 4) is 0 Å². The molecular weight excluding hydrogens is 398 g/mol. The van der Waals surface area contributed by atoms with Crippen LogP contribution >= 0.6 is 0 Å². The lowest BCUT2D eigenvalue weighted by molar-refractivity contribution is -0.152. The van der Waals surface area contributed by atoms with Gasteiger partial charge in [0.25, 0.3) is 0 Å². The van der Waals surface area contributed by atoms with Crippen LogP contribution in [0.25, 0.3) is 10.8 Å². The number of carboxylic acids is 1. The summed E-state index contributed by atoms with van der Waals surface area (Å²) in [6, 6.07) is 32.8. The Hall–Kier alpha value is -3.92. The van der Waals surface area contributed by atoms with Gasteiger partial charge in [-0.1, -0.05) is 97.1 Å². The van der Waals surface area contributed by atoms with Gasteiger partial charge in [0.05, 0.1) is 11.8 Å². The molecule has 4 heteroatoms. The monoisotopic (exact) mass is 421 g/mol. The van der Waals surface area contributed by atoms with Gasteiger partial charge in [-0.15, -0.1) is 0 Å². The number of carbonyl (C=O) groups is 2. The predicted octanol–water partition coefficient (Wildman–Crippen LogP) is 5.68. The lowest BCUT2D eigenvalue weighted by Crippen LogP contribution is -2.52. The Bertz CT molecular complexity index is 1220. The van der Waals surface area contributed by atoms with E-state index in [1.165, 1.54) is 0 Å². The summed E-state index contributed by atoms with van der Waals surface area (Å²) in [7, 11) is 0. The molecule has 2 unspecified atom stereocenters. The number of carboxylic acid groups (broad SMARTS) is 1. The zero-order valence-electron chi connectivity index (χ0n) is 17.4. The van der Waals surface area contributed by atoms with Crippen molar-refractivity contribution in [3.63, 3.8) is 0 Å². The summed E-state index contributed by atoms with van der Waals surface area (Å²) in [5.41, 5.74) is 2.50. The molecular formula is C28H23NO3. The maximum absolute atomic E-state index is 13.7. The first kappa shape index (κ1) is 20.0. The van der Waals surface area contributed by atoms with Gasteiger partial charge in [-0.05, 0) is 22.6 Å². The average Bonchev–Trinajstić information content (AvgIpc) is 2.80. The first-order chi connectivity index (χ1) is 15.6. The van der Waals surface area contributed by atoms with E-state index in [9.17, 15) is 14.7 Å². The number of rotatable bonds is 5. The molecule has 0 bridgehead atoms. The van der Waals surface area contributed by atoms with E-state index in [4.69, 9.17) is 0 Å². The van der Waals surface area contributed by atoms with E-state index in [1.54, 1.807) is 0 Å². The predicted molar refractivity (Wildman–Crippen MR) is 126 cm³/mol. The molecule has 4 aromatic rings. The average molecular weight is 421 g/mol. The Balaban J connectivity index is 1.55. The molecule has 0 saturated heterocycles. The standard InChI is InChI=1S/C28H23NO3/c30-27(29-22-17-9-15-18-10-7-8-16-21(18)22)25-23(19-11-3-1-4-12-19)26(28(31)32)24(25)20-13-5-2-6-14-20/h1-17,23-26H,(H,29,30)(H,31,32)/t23-,24?,25+,26?/m1/s1. The van der Waals surface area contributed by atoms with Crippen LogP contribution < -0.4 is 5.32 Å². The first-order valence-electron chi connectivity index (χ1n) is 10.8. The number of fused-ring (bicyclic) bond motifs is 1. The SMILES string of the molecule is O=C(O)C1C(c2ccccc2)[C@@H](C(=O)Nc2cccc3ccccc23)[C@H]1c1ccccc1. The van der Waals surface area contributed by atoms with Crippen LogP contribution in [-0.2, 0) is 9.59 Å². The van der Waals surface area contributed by atoms with E-state index >= 15 is 0 Å². The van der Waals surface area contributed by atoms with Crippen LogP contribution in [0.5, 0.6) is 0 Å². The summed E-state index contributed by atoms with van der Waals surface area (Å²) in [6.07, 6.45) is 0. The van der Waals surface area contributed by atoms with Crippen LogP contribution in [0.1, 0.15) is 23.0 Å². The van der Waals surface area contributed by atoms with E-state index in [-0.39, 0.29) is 5.91 Å². The minimum absolute atomic E-state index is 0.151. The van der Waals surface area contributed by atoms with Crippen LogP contribution in [0.15, 0.2) is 103 Å². The molecule has 1 aliphatic carbocycles. The molecule has 0 spiro atoms. The number of carbonyl (C=O) groups excluding carboxylic acids is 1. The number of hydrogen-bond donors (Lipinski definition) is 2. The zero-order valence-corrected chi connectivity index (χ0v) is 17.4. The third-order valence-electron chi connectivity index (χ3n) is 6.55. The fraction of sp³-hybridized carbons (Fsp3) is 0.143. The van der Waals surface area contributed by atoms with Gasteiger partial charge in [0, 0.05) is 22.9 Å². The fourth-order valence-electron chi connectivity index (χ4n) is 5.11. The van der Waals surface area contributed by atoms with Crippen molar-refractivity contribution in [2.75, 3.05) is 5.32 Å². The number of benzene rings is 4. The molecule has 32 heavy (non-hydrogen) atoms. The highest BCUT2D eigenvalue weighted by molar-refractivity contribution is 6.04. The number of nitrogens with one attached hydrogen (secondary N) is 1. The molecule has 5 rings (SSSR count). The molecule has 4 atom stereocenters. The first-order valence-corrected chi connectivity index (χ1v) is 10.8. The van der Waals surface area contributed by atoms with Gasteiger partial charge in [-0.2, -0.15) is 0 Å². The largest absolute Gasteiger partial charge is 0.481 e. The third-order valence-corrected chi connectivity index (χ3v) is 6.55. The van der Waals surface area contributed by atoms with E-state index in [0.29, 0.717) is 0 Å². The molecule has 0 aromatic heterocycles. The maximum Gasteiger partial charge on any atom is 0.307 e. The van der Waals surface area contributed by atoms with Gasteiger partial charge >= 0.3 is 5.97 Å². The number of anilines is 1. The lowest BCUT2D eigenvalue weighted by Gasteiger charge is -2.49. The second-order valence-corrected chi connectivity index (χ2v) is 8.28. The second kappa shape index (κ2) is 8.31. The van der Waals surface area contributed by atoms with Crippen LogP contribution in [0, 0.1) is 11.8 Å². The van der Waals surface area contributed by atoms with Gasteiger partial charge in [-0.25, -0.2) is 0 Å². The van der Waals surface area contributed by atoms with Crippen LogP contribution in [0.3, 0.4) is 0 Å². The summed E-state index contributed by atoms with van der Waals surface area (Å²) in [6.45, 7) is 0. The summed E-state index contributed by atoms with van der Waals surface area (Å²) in [5, 5.41) is 15.2. The number of aliphatic carboxylic acids is 1. The number of amides is 1. The smallest absolute Gasteiger partial charge is 0.307 e. The van der Waals surface area contributed by atoms with Crippen LogP contribution in [-0.4, -0.2) is 17.0 Å². The topological polar surface area (TPSA) is 66.4 Å². The summed E-state index contributed by atoms with van der Waals surface area (Å²) >= 11 is 0. The van der Waals surface area contributed by atoms with Gasteiger partial charge in [0.15, 0.2) is 0 Å². The Morgan fingerprint density at radius 3 is 1.75 bits per heavy atom. The maximum atomic E-state index is 13.7. The van der Waals surface area contributed by atoms with Crippen molar-refractivity contribution < 1.29 is 14.7 Å². The number of hydrogen-bond acceptors (Lipinski definition) is 2. The highest BCUT2D eigenvalue weighted by Crippen LogP contribution is 2.58. The molecule has 0 aliphatic heterocycles. The molecule has 4 nitrogen and oxygen atoms in total. The normalized spacial score (nSPS) is 22.1. The van der Waals surface area contributed by atoms with Gasteiger partial charge in [0.1, 0.15) is 0 Å². The lowest BCUT2D eigenvalue weighted by atomic mass is 9.52. The zero-order chi connectivity index (χ0) is 22.1. The summed E-state index contributed by atoms with van der Waals surface area (Å²) < 4.78 is 0. The minimum atomic E-state index is -0.873. The quantitative estimate of drug-likeness (QED) is 0.436. The highest BCUT2D eigenvalue weighted by atomic mass is 16.4. The third kappa shape index (κ3) is 3.44. The molecule has 1 fully saturated rings. The van der Waals surface area contributed by atoms with Gasteiger partial charge < -0.3 is 10.4 Å². The fourth-order valence-corrected chi connectivity index (χ4v) is 5.11. The Labute approximate surface area is 186 Å². The summed E-state index contributed by atoms with van der Waals surface area (Å²) in [5.74, 6) is -2.96. The molecule has 4 aromatic carbocycles.